The molecule has 0 amide bonds. The number of likely N-dealkylation sites (tertiary alicyclic amines) is 1. The van der Waals surface area contributed by atoms with E-state index in [-0.39, 0.29) is 12.4 Å². The maximum absolute atomic E-state index is 6.04. The van der Waals surface area contributed by atoms with Gasteiger partial charge in [0.2, 0.25) is 0 Å². The lowest BCUT2D eigenvalue weighted by molar-refractivity contribution is -0.0440. The van der Waals surface area contributed by atoms with E-state index in [1.807, 2.05) is 30.3 Å². The average molecular weight is 327 g/mol. The Kier molecular flexibility index (Phi) is 4.42. The molecule has 0 saturated carbocycles. The van der Waals surface area contributed by atoms with E-state index in [1.54, 1.807) is 6.20 Å². The summed E-state index contributed by atoms with van der Waals surface area (Å²) in [7, 11) is 2.11. The predicted molar refractivity (Wildman–Crippen MR) is 88.6 cm³/mol. The Morgan fingerprint density at radius 2 is 2.08 bits per heavy atom. The molecule has 0 N–H and O–H groups in total. The molecule has 0 aliphatic carbocycles. The van der Waals surface area contributed by atoms with E-state index in [0.29, 0.717) is 13.2 Å². The third-order valence-corrected chi connectivity index (χ3v) is 4.36. The molecule has 6 heteroatoms. The quantitative estimate of drug-likeness (QED) is 0.859. The summed E-state index contributed by atoms with van der Waals surface area (Å²) in [5, 5.41) is 8.34. The van der Waals surface area contributed by atoms with Gasteiger partial charge in [0.15, 0.2) is 6.29 Å². The number of hydrogen-bond acceptors (Lipinski definition) is 6. The molecule has 2 saturated heterocycles. The van der Waals surface area contributed by atoms with Crippen molar-refractivity contribution in [3.63, 3.8) is 0 Å². The zero-order valence-electron chi connectivity index (χ0n) is 13.7. The molecule has 2 aliphatic heterocycles. The summed E-state index contributed by atoms with van der Waals surface area (Å²) < 4.78 is 17.2. The van der Waals surface area contributed by atoms with Crippen molar-refractivity contribution in [2.75, 3.05) is 33.4 Å². The van der Waals surface area contributed by atoms with E-state index >= 15 is 0 Å². The third kappa shape index (κ3) is 3.40. The van der Waals surface area contributed by atoms with Crippen LogP contribution in [0.3, 0.4) is 0 Å². The van der Waals surface area contributed by atoms with Crippen molar-refractivity contribution in [1.29, 1.82) is 0 Å². The Bertz CT molecular complexity index is 703. The Morgan fingerprint density at radius 1 is 1.21 bits per heavy atom. The van der Waals surface area contributed by atoms with Gasteiger partial charge in [0.25, 0.3) is 0 Å². The number of aromatic nitrogens is 2. The highest BCUT2D eigenvalue weighted by atomic mass is 16.7. The summed E-state index contributed by atoms with van der Waals surface area (Å²) in [5.41, 5.74) is 2.77. The van der Waals surface area contributed by atoms with Crippen LogP contribution in [0.2, 0.25) is 0 Å². The van der Waals surface area contributed by atoms with Gasteiger partial charge in [-0.3, -0.25) is 0 Å². The molecule has 24 heavy (non-hydrogen) atoms. The van der Waals surface area contributed by atoms with Gasteiger partial charge in [-0.15, -0.1) is 0 Å². The van der Waals surface area contributed by atoms with Crippen LogP contribution in [0.25, 0.3) is 11.3 Å². The van der Waals surface area contributed by atoms with Gasteiger partial charge in [-0.05, 0) is 19.5 Å². The SMILES string of the molecule is CN1CC[C@@H](Oc2cnnc(-c3cccc(C4OCCO4)c3)c2)C1. The van der Waals surface area contributed by atoms with Gasteiger partial charge in [0, 0.05) is 30.3 Å². The van der Waals surface area contributed by atoms with Gasteiger partial charge in [-0.1, -0.05) is 18.2 Å². The molecule has 1 aromatic heterocycles. The van der Waals surface area contributed by atoms with E-state index in [4.69, 9.17) is 14.2 Å². The first-order chi connectivity index (χ1) is 11.8. The molecular weight excluding hydrogens is 306 g/mol. The zero-order chi connectivity index (χ0) is 16.4. The monoisotopic (exact) mass is 327 g/mol. The first-order valence-corrected chi connectivity index (χ1v) is 8.29. The van der Waals surface area contributed by atoms with Crippen LogP contribution in [0.4, 0.5) is 0 Å². The van der Waals surface area contributed by atoms with Gasteiger partial charge in [0.05, 0.1) is 25.1 Å². The topological polar surface area (TPSA) is 56.7 Å². The lowest BCUT2D eigenvalue weighted by Crippen LogP contribution is -2.21. The largest absolute Gasteiger partial charge is 0.487 e. The third-order valence-electron chi connectivity index (χ3n) is 4.36. The number of nitrogens with zero attached hydrogens (tertiary/aromatic N) is 3. The molecule has 3 heterocycles. The van der Waals surface area contributed by atoms with E-state index in [0.717, 1.165) is 42.1 Å². The Labute approximate surface area is 141 Å². The average Bonchev–Trinajstić information content (AvgIpc) is 3.27. The fourth-order valence-corrected chi connectivity index (χ4v) is 3.13. The van der Waals surface area contributed by atoms with Crippen molar-refractivity contribution in [3.8, 4) is 17.0 Å². The Hall–Kier alpha value is -2.02. The second-order valence-electron chi connectivity index (χ2n) is 6.27. The highest BCUT2D eigenvalue weighted by Gasteiger charge is 2.22. The number of ether oxygens (including phenoxy) is 3. The smallest absolute Gasteiger partial charge is 0.184 e. The van der Waals surface area contributed by atoms with Crippen LogP contribution >= 0.6 is 0 Å². The van der Waals surface area contributed by atoms with Crippen LogP contribution in [0.1, 0.15) is 18.3 Å². The molecule has 2 aliphatic rings. The molecule has 2 fully saturated rings. The zero-order valence-corrected chi connectivity index (χ0v) is 13.7. The summed E-state index contributed by atoms with van der Waals surface area (Å²) in [6.07, 6.45) is 2.65. The summed E-state index contributed by atoms with van der Waals surface area (Å²) in [4.78, 5) is 2.27. The second-order valence-corrected chi connectivity index (χ2v) is 6.27. The van der Waals surface area contributed by atoms with E-state index in [9.17, 15) is 0 Å². The first kappa shape index (κ1) is 15.5. The fraction of sp³-hybridized carbons (Fsp3) is 0.444. The minimum atomic E-state index is -0.286. The normalized spacial score (nSPS) is 22.1. The number of benzene rings is 1. The number of rotatable bonds is 4. The maximum Gasteiger partial charge on any atom is 0.184 e. The minimum Gasteiger partial charge on any atom is -0.487 e. The van der Waals surface area contributed by atoms with Crippen LogP contribution in [-0.4, -0.2) is 54.6 Å². The van der Waals surface area contributed by atoms with Crippen LogP contribution < -0.4 is 4.74 Å². The fourth-order valence-electron chi connectivity index (χ4n) is 3.13. The van der Waals surface area contributed by atoms with Crippen LogP contribution in [-0.2, 0) is 9.47 Å². The Balaban J connectivity index is 1.53. The first-order valence-electron chi connectivity index (χ1n) is 8.29. The van der Waals surface area contributed by atoms with Gasteiger partial charge in [-0.25, -0.2) is 0 Å². The van der Waals surface area contributed by atoms with Gasteiger partial charge in [-0.2, -0.15) is 10.2 Å². The van der Waals surface area contributed by atoms with Crippen LogP contribution in [0.15, 0.2) is 36.5 Å². The predicted octanol–water partition coefficient (Wildman–Crippen LogP) is 2.27. The molecule has 6 nitrogen and oxygen atoms in total. The van der Waals surface area contributed by atoms with Crippen molar-refractivity contribution >= 4 is 0 Å². The summed E-state index contributed by atoms with van der Waals surface area (Å²) in [5.74, 6) is 0.763. The molecule has 2 aromatic rings. The second kappa shape index (κ2) is 6.84. The molecule has 0 bridgehead atoms. The maximum atomic E-state index is 6.04. The lowest BCUT2D eigenvalue weighted by atomic mass is 10.1. The lowest BCUT2D eigenvalue weighted by Gasteiger charge is -2.14. The molecule has 0 unspecified atom stereocenters. The van der Waals surface area contributed by atoms with Crippen molar-refractivity contribution in [2.24, 2.45) is 0 Å². The molecule has 1 aromatic carbocycles. The highest BCUT2D eigenvalue weighted by Crippen LogP contribution is 2.28. The minimum absolute atomic E-state index is 0.221. The molecule has 0 radical (unpaired) electrons. The Morgan fingerprint density at radius 3 is 2.88 bits per heavy atom. The molecular formula is C18H21N3O3. The van der Waals surface area contributed by atoms with Gasteiger partial charge in [0.1, 0.15) is 11.9 Å². The molecule has 126 valence electrons. The molecule has 0 spiro atoms. The molecule has 4 rings (SSSR count). The van der Waals surface area contributed by atoms with Crippen molar-refractivity contribution < 1.29 is 14.2 Å². The van der Waals surface area contributed by atoms with Gasteiger partial charge < -0.3 is 19.1 Å². The number of hydrogen-bond donors (Lipinski definition) is 0. The van der Waals surface area contributed by atoms with Gasteiger partial charge >= 0.3 is 0 Å². The highest BCUT2D eigenvalue weighted by molar-refractivity contribution is 5.61. The van der Waals surface area contributed by atoms with Crippen molar-refractivity contribution in [3.05, 3.63) is 42.1 Å². The summed E-state index contributed by atoms with van der Waals surface area (Å²) >= 11 is 0. The number of likely N-dealkylation sites (N-methyl/N-ethyl adjacent to an activating group) is 1. The van der Waals surface area contributed by atoms with Crippen LogP contribution in [0, 0.1) is 0 Å². The molecule has 1 atom stereocenters. The van der Waals surface area contributed by atoms with Crippen molar-refractivity contribution in [2.45, 2.75) is 18.8 Å². The standard InChI is InChI=1S/C18H21N3O3/c1-21-6-5-15(12-21)24-16-10-17(20-19-11-16)13-3-2-4-14(9-13)18-22-7-8-23-18/h2-4,9-11,15,18H,5-8,12H2,1H3/t15-/m1/s1. The van der Waals surface area contributed by atoms with E-state index < -0.39 is 0 Å². The van der Waals surface area contributed by atoms with E-state index in [2.05, 4.69) is 22.1 Å². The summed E-state index contributed by atoms with van der Waals surface area (Å²) in [6.45, 7) is 3.28. The van der Waals surface area contributed by atoms with E-state index in [1.165, 1.54) is 0 Å². The summed E-state index contributed by atoms with van der Waals surface area (Å²) in [6, 6.07) is 9.97. The van der Waals surface area contributed by atoms with Crippen molar-refractivity contribution in [1.82, 2.24) is 15.1 Å². The van der Waals surface area contributed by atoms with Crippen LogP contribution in [0.5, 0.6) is 5.75 Å².